The Morgan fingerprint density at radius 3 is 2.89 bits per heavy atom. The van der Waals surface area contributed by atoms with Gasteiger partial charge < -0.3 is 19.9 Å². The van der Waals surface area contributed by atoms with Crippen molar-refractivity contribution in [2.75, 3.05) is 54.0 Å². The fourth-order valence-corrected chi connectivity index (χ4v) is 3.03. The summed E-state index contributed by atoms with van der Waals surface area (Å²) in [4.78, 5) is 9.05. The summed E-state index contributed by atoms with van der Waals surface area (Å²) in [6.45, 7) is 5.05. The van der Waals surface area contributed by atoms with E-state index in [1.165, 1.54) is 25.8 Å². The lowest BCUT2D eigenvalue weighted by Crippen LogP contribution is -2.46. The number of rotatable bonds is 4. The molecule has 2 fully saturated rings. The Hall–Kier alpha value is -0.810. The van der Waals surface area contributed by atoms with Crippen LogP contribution in [-0.4, -0.2) is 75.8 Å². The Morgan fingerprint density at radius 2 is 2.32 bits per heavy atom. The van der Waals surface area contributed by atoms with Crippen molar-refractivity contribution in [1.82, 2.24) is 15.1 Å². The number of nitrogens with zero attached hydrogens (tertiary/aromatic N) is 3. The molecule has 0 aromatic heterocycles. The maximum absolute atomic E-state index is 5.43. The molecule has 0 amide bonds. The first-order chi connectivity index (χ1) is 9.20. The van der Waals surface area contributed by atoms with Gasteiger partial charge >= 0.3 is 0 Å². The van der Waals surface area contributed by atoms with E-state index in [9.17, 15) is 0 Å². The number of nitrogens with one attached hydrogen (secondary N) is 1. The molecule has 110 valence electrons. The molecular formula is C14H28N4O. The van der Waals surface area contributed by atoms with E-state index in [1.807, 2.05) is 7.05 Å². The minimum absolute atomic E-state index is 0.651. The lowest BCUT2D eigenvalue weighted by atomic mass is 10.1. The second kappa shape index (κ2) is 7.10. The minimum atomic E-state index is 0.651. The monoisotopic (exact) mass is 268 g/mol. The third-order valence-electron chi connectivity index (χ3n) is 4.30. The van der Waals surface area contributed by atoms with Gasteiger partial charge in [0.25, 0.3) is 0 Å². The lowest BCUT2D eigenvalue weighted by molar-refractivity contribution is 0.181. The van der Waals surface area contributed by atoms with Crippen LogP contribution in [-0.2, 0) is 4.74 Å². The van der Waals surface area contributed by atoms with E-state index < -0.39 is 0 Å². The zero-order valence-corrected chi connectivity index (χ0v) is 12.6. The average molecular weight is 268 g/mol. The molecule has 2 atom stereocenters. The van der Waals surface area contributed by atoms with Gasteiger partial charge in [-0.05, 0) is 32.9 Å². The first kappa shape index (κ1) is 14.6. The Bertz CT molecular complexity index is 302. The van der Waals surface area contributed by atoms with Gasteiger partial charge in [-0.2, -0.15) is 0 Å². The van der Waals surface area contributed by atoms with Crippen molar-refractivity contribution in [3.05, 3.63) is 0 Å². The van der Waals surface area contributed by atoms with Gasteiger partial charge in [-0.3, -0.25) is 4.99 Å². The van der Waals surface area contributed by atoms with Gasteiger partial charge in [0, 0.05) is 45.8 Å². The van der Waals surface area contributed by atoms with Crippen LogP contribution in [0.15, 0.2) is 4.99 Å². The molecule has 2 rings (SSSR count). The molecule has 2 aliphatic rings. The fourth-order valence-electron chi connectivity index (χ4n) is 3.03. The van der Waals surface area contributed by atoms with Crippen molar-refractivity contribution >= 4 is 5.96 Å². The molecule has 19 heavy (non-hydrogen) atoms. The van der Waals surface area contributed by atoms with Crippen molar-refractivity contribution in [2.24, 2.45) is 10.9 Å². The Labute approximate surface area is 117 Å². The zero-order chi connectivity index (χ0) is 13.7. The summed E-state index contributed by atoms with van der Waals surface area (Å²) in [5.41, 5.74) is 0. The van der Waals surface area contributed by atoms with E-state index in [2.05, 4.69) is 34.2 Å². The quantitative estimate of drug-likeness (QED) is 0.599. The van der Waals surface area contributed by atoms with E-state index in [1.54, 1.807) is 0 Å². The topological polar surface area (TPSA) is 40.1 Å². The first-order valence-electron chi connectivity index (χ1n) is 7.40. The molecule has 0 aromatic rings. The van der Waals surface area contributed by atoms with Crippen LogP contribution >= 0.6 is 0 Å². The maximum Gasteiger partial charge on any atom is 0.193 e. The lowest BCUT2D eigenvalue weighted by Gasteiger charge is -2.27. The Kier molecular flexibility index (Phi) is 5.45. The molecule has 2 heterocycles. The average Bonchev–Trinajstić information content (AvgIpc) is 3.02. The molecule has 5 heteroatoms. The van der Waals surface area contributed by atoms with E-state index >= 15 is 0 Å². The van der Waals surface area contributed by atoms with Gasteiger partial charge in [0.1, 0.15) is 0 Å². The highest BCUT2D eigenvalue weighted by atomic mass is 16.5. The highest BCUT2D eigenvalue weighted by Gasteiger charge is 2.22. The molecule has 0 aliphatic carbocycles. The fraction of sp³-hybridized carbons (Fsp3) is 0.929. The summed E-state index contributed by atoms with van der Waals surface area (Å²) in [5.74, 6) is 1.66. The molecular weight excluding hydrogens is 240 g/mol. The number of ether oxygens (including phenoxy) is 1. The first-order valence-corrected chi connectivity index (χ1v) is 7.40. The number of hydrogen-bond acceptors (Lipinski definition) is 3. The molecule has 2 aliphatic heterocycles. The normalized spacial score (nSPS) is 28.9. The summed E-state index contributed by atoms with van der Waals surface area (Å²) in [6.07, 6.45) is 3.78. The predicted molar refractivity (Wildman–Crippen MR) is 78.6 cm³/mol. The molecule has 0 bridgehead atoms. The molecule has 0 spiro atoms. The van der Waals surface area contributed by atoms with Crippen LogP contribution in [0.5, 0.6) is 0 Å². The smallest absolute Gasteiger partial charge is 0.193 e. The highest BCUT2D eigenvalue weighted by molar-refractivity contribution is 5.79. The number of hydrogen-bond donors (Lipinski definition) is 1. The van der Waals surface area contributed by atoms with Gasteiger partial charge in [-0.15, -0.1) is 0 Å². The maximum atomic E-state index is 5.43. The van der Waals surface area contributed by atoms with E-state index in [0.29, 0.717) is 12.0 Å². The van der Waals surface area contributed by atoms with Crippen molar-refractivity contribution in [2.45, 2.75) is 25.3 Å². The molecule has 2 saturated heterocycles. The van der Waals surface area contributed by atoms with Crippen LogP contribution in [0.1, 0.15) is 19.3 Å². The molecule has 5 nitrogen and oxygen atoms in total. The summed E-state index contributed by atoms with van der Waals surface area (Å²) in [6, 6.07) is 0.653. The van der Waals surface area contributed by atoms with Crippen LogP contribution < -0.4 is 5.32 Å². The van der Waals surface area contributed by atoms with Gasteiger partial charge in [0.2, 0.25) is 0 Å². The van der Waals surface area contributed by atoms with Crippen LogP contribution in [0.25, 0.3) is 0 Å². The molecule has 0 radical (unpaired) electrons. The van der Waals surface area contributed by atoms with E-state index in [0.717, 1.165) is 32.3 Å². The van der Waals surface area contributed by atoms with Crippen LogP contribution in [0.2, 0.25) is 0 Å². The van der Waals surface area contributed by atoms with Crippen molar-refractivity contribution < 1.29 is 4.74 Å². The third-order valence-corrected chi connectivity index (χ3v) is 4.30. The number of likely N-dealkylation sites (N-methyl/N-ethyl adjacent to an activating group) is 1. The van der Waals surface area contributed by atoms with E-state index in [-0.39, 0.29) is 0 Å². The van der Waals surface area contributed by atoms with Gasteiger partial charge in [0.05, 0.1) is 6.61 Å². The summed E-state index contributed by atoms with van der Waals surface area (Å²) in [5, 5.41) is 3.51. The second-order valence-electron chi connectivity index (χ2n) is 5.81. The number of aliphatic imine (C=N–C) groups is 1. The summed E-state index contributed by atoms with van der Waals surface area (Å²) >= 11 is 0. The largest absolute Gasteiger partial charge is 0.381 e. The number of guanidine groups is 1. The SMILES string of the molecule is CN=C(NCC1CCCN1C)N(C)CC1CCOC1. The Balaban J connectivity index is 1.75. The molecule has 0 saturated carbocycles. The van der Waals surface area contributed by atoms with Gasteiger partial charge in [-0.1, -0.05) is 0 Å². The van der Waals surface area contributed by atoms with Crippen LogP contribution in [0.4, 0.5) is 0 Å². The number of likely N-dealkylation sites (tertiary alicyclic amines) is 1. The predicted octanol–water partition coefficient (Wildman–Crippen LogP) is 0.624. The van der Waals surface area contributed by atoms with Gasteiger partial charge in [0.15, 0.2) is 5.96 Å². The van der Waals surface area contributed by atoms with Gasteiger partial charge in [-0.25, -0.2) is 0 Å². The second-order valence-corrected chi connectivity index (χ2v) is 5.81. The molecule has 1 N–H and O–H groups in total. The van der Waals surface area contributed by atoms with Crippen LogP contribution in [0.3, 0.4) is 0 Å². The molecule has 0 aromatic carbocycles. The third kappa shape index (κ3) is 4.08. The summed E-state index contributed by atoms with van der Waals surface area (Å²) in [7, 11) is 6.19. The summed E-state index contributed by atoms with van der Waals surface area (Å²) < 4.78 is 5.43. The molecule has 2 unspecified atom stereocenters. The van der Waals surface area contributed by atoms with Crippen molar-refractivity contribution in [3.8, 4) is 0 Å². The standard InChI is InChI=1S/C14H28N4O/c1-15-14(16-9-13-5-4-7-17(13)2)18(3)10-12-6-8-19-11-12/h12-13H,4-11H2,1-3H3,(H,15,16). The zero-order valence-electron chi connectivity index (χ0n) is 12.6. The van der Waals surface area contributed by atoms with Crippen molar-refractivity contribution in [3.63, 3.8) is 0 Å². The Morgan fingerprint density at radius 1 is 1.47 bits per heavy atom. The van der Waals surface area contributed by atoms with Crippen LogP contribution in [0, 0.1) is 5.92 Å². The van der Waals surface area contributed by atoms with E-state index in [4.69, 9.17) is 4.74 Å². The van der Waals surface area contributed by atoms with Crippen molar-refractivity contribution in [1.29, 1.82) is 0 Å². The highest BCUT2D eigenvalue weighted by Crippen LogP contribution is 2.15. The minimum Gasteiger partial charge on any atom is -0.381 e.